The molecule has 2 saturated heterocycles. The van der Waals surface area contributed by atoms with E-state index in [4.69, 9.17) is 0 Å². The summed E-state index contributed by atoms with van der Waals surface area (Å²) in [6, 6.07) is 0. The van der Waals surface area contributed by atoms with Gasteiger partial charge in [0, 0.05) is 39.3 Å². The van der Waals surface area contributed by atoms with Crippen LogP contribution in [0, 0.1) is 5.92 Å². The first kappa shape index (κ1) is 10.4. The predicted molar refractivity (Wildman–Crippen MR) is 59.0 cm³/mol. The summed E-state index contributed by atoms with van der Waals surface area (Å²) in [7, 11) is 0. The lowest BCUT2D eigenvalue weighted by molar-refractivity contribution is -0.0316. The summed E-state index contributed by atoms with van der Waals surface area (Å²) in [6.07, 6.45) is 4.18. The Morgan fingerprint density at radius 2 is 1.64 bits per heavy atom. The number of nitrogens with zero attached hydrogens (tertiary/aromatic N) is 2. The Kier molecular flexibility index (Phi) is 3.79. The van der Waals surface area contributed by atoms with Gasteiger partial charge in [-0.25, -0.2) is 10.0 Å². The fourth-order valence-corrected chi connectivity index (χ4v) is 2.47. The molecular formula is C11H23N3. The Morgan fingerprint density at radius 1 is 0.929 bits per heavy atom. The summed E-state index contributed by atoms with van der Waals surface area (Å²) < 4.78 is 0. The summed E-state index contributed by atoms with van der Waals surface area (Å²) in [4.78, 5) is 0. The Labute approximate surface area is 87.4 Å². The first-order valence-electron chi connectivity index (χ1n) is 6.07. The molecule has 2 rings (SSSR count). The highest BCUT2D eigenvalue weighted by atomic mass is 15.6. The molecule has 1 atom stereocenters. The molecule has 14 heavy (non-hydrogen) atoms. The van der Waals surface area contributed by atoms with Crippen molar-refractivity contribution in [1.82, 2.24) is 15.3 Å². The summed E-state index contributed by atoms with van der Waals surface area (Å²) >= 11 is 0. The molecule has 2 aliphatic heterocycles. The molecule has 82 valence electrons. The van der Waals surface area contributed by atoms with Crippen LogP contribution in [0.4, 0.5) is 0 Å². The second kappa shape index (κ2) is 5.10. The van der Waals surface area contributed by atoms with Crippen molar-refractivity contribution in [3.63, 3.8) is 0 Å². The highest BCUT2D eigenvalue weighted by molar-refractivity contribution is 4.70. The number of rotatable bonds is 1. The average Bonchev–Trinajstić information content (AvgIpc) is 2.44. The monoisotopic (exact) mass is 197 g/mol. The fraction of sp³-hybridized carbons (Fsp3) is 1.00. The number of hydrogen-bond acceptors (Lipinski definition) is 3. The minimum Gasteiger partial charge on any atom is -0.314 e. The van der Waals surface area contributed by atoms with Crippen molar-refractivity contribution in [3.8, 4) is 0 Å². The van der Waals surface area contributed by atoms with Crippen LogP contribution in [-0.4, -0.2) is 49.3 Å². The Hall–Kier alpha value is -0.120. The highest BCUT2D eigenvalue weighted by Gasteiger charge is 2.20. The molecule has 0 bridgehead atoms. The van der Waals surface area contributed by atoms with E-state index in [-0.39, 0.29) is 0 Å². The van der Waals surface area contributed by atoms with E-state index in [1.54, 1.807) is 0 Å². The van der Waals surface area contributed by atoms with Gasteiger partial charge >= 0.3 is 0 Å². The molecule has 0 spiro atoms. The third kappa shape index (κ3) is 2.69. The molecule has 3 heteroatoms. The molecule has 2 fully saturated rings. The van der Waals surface area contributed by atoms with Crippen molar-refractivity contribution in [2.75, 3.05) is 39.3 Å². The molecule has 0 aliphatic carbocycles. The molecule has 0 aromatic carbocycles. The van der Waals surface area contributed by atoms with Gasteiger partial charge in [0.05, 0.1) is 0 Å². The number of hydrazine groups is 1. The molecule has 3 nitrogen and oxygen atoms in total. The lowest BCUT2D eigenvalue weighted by atomic mass is 10.0. The predicted octanol–water partition coefficient (Wildman–Crippen LogP) is 0.929. The maximum absolute atomic E-state index is 3.41. The van der Waals surface area contributed by atoms with Gasteiger partial charge in [-0.1, -0.05) is 6.92 Å². The third-order valence-corrected chi connectivity index (χ3v) is 3.49. The molecule has 0 amide bonds. The van der Waals surface area contributed by atoms with Crippen LogP contribution in [0.25, 0.3) is 0 Å². The average molecular weight is 197 g/mol. The zero-order valence-electron chi connectivity index (χ0n) is 9.34. The largest absolute Gasteiger partial charge is 0.314 e. The van der Waals surface area contributed by atoms with E-state index in [1.165, 1.54) is 45.4 Å². The Morgan fingerprint density at radius 3 is 2.43 bits per heavy atom. The lowest BCUT2D eigenvalue weighted by Crippen LogP contribution is -2.52. The van der Waals surface area contributed by atoms with Crippen LogP contribution in [0.2, 0.25) is 0 Å². The number of piperazine rings is 1. The van der Waals surface area contributed by atoms with E-state index in [1.807, 2.05) is 0 Å². The Bertz CT molecular complexity index is 166. The molecule has 0 aromatic heterocycles. The van der Waals surface area contributed by atoms with E-state index < -0.39 is 0 Å². The lowest BCUT2D eigenvalue weighted by Gasteiger charge is -2.37. The second-order valence-corrected chi connectivity index (χ2v) is 4.69. The zero-order valence-corrected chi connectivity index (χ0v) is 9.34. The van der Waals surface area contributed by atoms with Gasteiger partial charge in [0.2, 0.25) is 0 Å². The van der Waals surface area contributed by atoms with E-state index in [9.17, 15) is 0 Å². The van der Waals surface area contributed by atoms with E-state index in [0.717, 1.165) is 19.0 Å². The standard InChI is InChI=1S/C11H23N3/c1-11-3-2-7-13(8-4-11)14-9-5-12-6-10-14/h11-12H,2-10H2,1H3. The fourth-order valence-electron chi connectivity index (χ4n) is 2.47. The van der Waals surface area contributed by atoms with Crippen LogP contribution in [0.15, 0.2) is 0 Å². The molecular weight excluding hydrogens is 174 g/mol. The number of hydrogen-bond donors (Lipinski definition) is 1. The summed E-state index contributed by atoms with van der Waals surface area (Å²) in [5, 5.41) is 8.55. The minimum atomic E-state index is 0.933. The van der Waals surface area contributed by atoms with Gasteiger partial charge in [-0.2, -0.15) is 0 Å². The van der Waals surface area contributed by atoms with Gasteiger partial charge < -0.3 is 5.32 Å². The second-order valence-electron chi connectivity index (χ2n) is 4.69. The number of nitrogens with one attached hydrogen (secondary N) is 1. The Balaban J connectivity index is 1.83. The molecule has 2 heterocycles. The maximum atomic E-state index is 3.41. The quantitative estimate of drug-likeness (QED) is 0.674. The van der Waals surface area contributed by atoms with Gasteiger partial charge in [-0.3, -0.25) is 0 Å². The van der Waals surface area contributed by atoms with Crippen LogP contribution in [0.5, 0.6) is 0 Å². The molecule has 0 aromatic rings. The summed E-state index contributed by atoms with van der Waals surface area (Å²) in [6.45, 7) is 9.67. The highest BCUT2D eigenvalue weighted by Crippen LogP contribution is 2.17. The van der Waals surface area contributed by atoms with Gasteiger partial charge in [0.25, 0.3) is 0 Å². The van der Waals surface area contributed by atoms with Gasteiger partial charge in [-0.05, 0) is 25.2 Å². The van der Waals surface area contributed by atoms with Crippen LogP contribution in [-0.2, 0) is 0 Å². The van der Waals surface area contributed by atoms with Crippen molar-refractivity contribution in [2.45, 2.75) is 26.2 Å². The van der Waals surface area contributed by atoms with Crippen molar-refractivity contribution >= 4 is 0 Å². The van der Waals surface area contributed by atoms with Crippen LogP contribution >= 0.6 is 0 Å². The maximum Gasteiger partial charge on any atom is 0.0259 e. The van der Waals surface area contributed by atoms with Crippen molar-refractivity contribution in [3.05, 3.63) is 0 Å². The summed E-state index contributed by atoms with van der Waals surface area (Å²) in [5.41, 5.74) is 0. The van der Waals surface area contributed by atoms with Gasteiger partial charge in [-0.15, -0.1) is 0 Å². The van der Waals surface area contributed by atoms with Crippen LogP contribution < -0.4 is 5.32 Å². The minimum absolute atomic E-state index is 0.933. The SMILES string of the molecule is CC1CCCN(N2CCNCC2)CC1. The topological polar surface area (TPSA) is 18.5 Å². The summed E-state index contributed by atoms with van der Waals surface area (Å²) in [5.74, 6) is 0.933. The molecule has 2 aliphatic rings. The van der Waals surface area contributed by atoms with Gasteiger partial charge in [0.1, 0.15) is 0 Å². The van der Waals surface area contributed by atoms with E-state index >= 15 is 0 Å². The molecule has 0 saturated carbocycles. The molecule has 1 unspecified atom stereocenters. The van der Waals surface area contributed by atoms with Gasteiger partial charge in [0.15, 0.2) is 0 Å². The first-order valence-corrected chi connectivity index (χ1v) is 6.07. The van der Waals surface area contributed by atoms with Crippen molar-refractivity contribution in [2.24, 2.45) is 5.92 Å². The van der Waals surface area contributed by atoms with Crippen LogP contribution in [0.3, 0.4) is 0 Å². The molecule has 0 radical (unpaired) electrons. The molecule has 1 N–H and O–H groups in total. The smallest absolute Gasteiger partial charge is 0.0259 e. The zero-order chi connectivity index (χ0) is 9.80. The van der Waals surface area contributed by atoms with E-state index in [2.05, 4.69) is 22.3 Å². The first-order chi connectivity index (χ1) is 6.86. The van der Waals surface area contributed by atoms with Crippen molar-refractivity contribution < 1.29 is 0 Å². The van der Waals surface area contributed by atoms with Crippen LogP contribution in [0.1, 0.15) is 26.2 Å². The van der Waals surface area contributed by atoms with Crippen molar-refractivity contribution in [1.29, 1.82) is 0 Å². The normalized spacial score (nSPS) is 32.8. The van der Waals surface area contributed by atoms with E-state index in [0.29, 0.717) is 0 Å². The third-order valence-electron chi connectivity index (χ3n) is 3.49.